The van der Waals surface area contributed by atoms with Gasteiger partial charge in [0.15, 0.2) is 17.1 Å². The van der Waals surface area contributed by atoms with Crippen LogP contribution in [-0.2, 0) is 23.4 Å². The number of esters is 1. The van der Waals surface area contributed by atoms with E-state index >= 15 is 4.39 Å². The third-order valence-electron chi connectivity index (χ3n) is 6.21. The quantitative estimate of drug-likeness (QED) is 0.237. The second-order valence-electron chi connectivity index (χ2n) is 10.8. The molecule has 1 aliphatic rings. The predicted molar refractivity (Wildman–Crippen MR) is 142 cm³/mol. The van der Waals surface area contributed by atoms with Gasteiger partial charge in [-0.25, -0.2) is 28.5 Å². The number of benzene rings is 1. The van der Waals surface area contributed by atoms with E-state index in [4.69, 9.17) is 24.3 Å². The van der Waals surface area contributed by atoms with Gasteiger partial charge in [-0.3, -0.25) is 9.32 Å². The third-order valence-corrected chi connectivity index (χ3v) is 7.91. The summed E-state index contributed by atoms with van der Waals surface area (Å²) in [6.45, 7) is 7.34. The summed E-state index contributed by atoms with van der Waals surface area (Å²) in [5.74, 6) is -0.106. The summed E-state index contributed by atoms with van der Waals surface area (Å²) >= 11 is 0. The Balaban J connectivity index is 1.50. The average Bonchev–Trinajstić information content (AvgIpc) is 3.40. The average molecular weight is 581 g/mol. The number of nitrogen functional groups attached to an aromatic ring is 1. The number of aliphatic hydroxyl groups is 1. The van der Waals surface area contributed by atoms with Crippen molar-refractivity contribution in [3.63, 3.8) is 0 Å². The fourth-order valence-electron chi connectivity index (χ4n) is 4.03. The maximum atomic E-state index is 15.8. The smallest absolute Gasteiger partial charge is 0.459 e. The predicted octanol–water partition coefficient (Wildman–Crippen LogP) is 3.01. The number of carbonyl (C=O) groups is 1. The standard InChI is InChI=1S/C25H34FN6O7P/c1-15(12-36-23(34)24(2,3)4)31-40(35,39-16-9-7-6-8-10-16)37-13-18-19(33)25(5,26)20(38-18)17-11-28-22-21(27)29-14-30-32(17)22/h6-11,14-15,18-20,33H,12-13H2,1-5H3,(H,31,35)(H2,27,29,30)/t15-,18+,19+,20-,25+,40?/m0/s1. The van der Waals surface area contributed by atoms with E-state index in [1.54, 1.807) is 58.0 Å². The Morgan fingerprint density at radius 1 is 1.32 bits per heavy atom. The normalized spacial score (nSPS) is 25.4. The highest BCUT2D eigenvalue weighted by Crippen LogP contribution is 2.48. The van der Waals surface area contributed by atoms with E-state index in [2.05, 4.69) is 20.2 Å². The fourth-order valence-corrected chi connectivity index (χ4v) is 5.56. The zero-order chi connectivity index (χ0) is 29.3. The highest BCUT2D eigenvalue weighted by atomic mass is 31.2. The number of hydrogen-bond donors (Lipinski definition) is 3. The van der Waals surface area contributed by atoms with Gasteiger partial charge >= 0.3 is 13.7 Å². The molecule has 1 aromatic carbocycles. The molecule has 1 fully saturated rings. The van der Waals surface area contributed by atoms with Crippen LogP contribution in [0.5, 0.6) is 5.75 Å². The van der Waals surface area contributed by atoms with Crippen LogP contribution in [-0.4, -0.2) is 67.8 Å². The lowest BCUT2D eigenvalue weighted by molar-refractivity contribution is -0.153. The van der Waals surface area contributed by atoms with Crippen LogP contribution in [0.2, 0.25) is 0 Å². The highest BCUT2D eigenvalue weighted by molar-refractivity contribution is 7.52. The number of rotatable bonds is 10. The second-order valence-corrected chi connectivity index (χ2v) is 12.5. The third kappa shape index (κ3) is 6.42. The molecule has 1 saturated heterocycles. The first-order chi connectivity index (χ1) is 18.7. The highest BCUT2D eigenvalue weighted by Gasteiger charge is 2.56. The van der Waals surface area contributed by atoms with Crippen molar-refractivity contribution in [2.75, 3.05) is 18.9 Å². The Labute approximate surface area is 230 Å². The molecular formula is C25H34FN6O7P. The summed E-state index contributed by atoms with van der Waals surface area (Å²) in [5.41, 5.74) is 3.22. The SMILES string of the molecule is C[C@@H](COC(=O)C(C)(C)C)NP(=O)(OC[C@H]1O[C@@H](c2cnc3c(N)ncnn23)[C@](C)(F)[C@@H]1O)Oc1ccccc1. The minimum atomic E-state index is -4.15. The van der Waals surface area contributed by atoms with Crippen LogP contribution in [0, 0.1) is 5.41 Å². The molecule has 3 heterocycles. The lowest BCUT2D eigenvalue weighted by Crippen LogP contribution is -2.40. The van der Waals surface area contributed by atoms with Crippen LogP contribution >= 0.6 is 7.75 Å². The molecule has 0 radical (unpaired) electrons. The largest absolute Gasteiger partial charge is 0.464 e. The Morgan fingerprint density at radius 2 is 2.02 bits per heavy atom. The first-order valence-corrected chi connectivity index (χ1v) is 14.2. The number of para-hydroxylation sites is 1. The Hall–Kier alpha value is -3.16. The van der Waals surface area contributed by atoms with Gasteiger partial charge in [0.1, 0.15) is 37.0 Å². The number of nitrogens with two attached hydrogens (primary N) is 1. The summed E-state index contributed by atoms with van der Waals surface area (Å²) in [5, 5.41) is 17.6. The number of ether oxygens (including phenoxy) is 2. The van der Waals surface area contributed by atoms with Crippen LogP contribution in [0.4, 0.5) is 10.2 Å². The van der Waals surface area contributed by atoms with Crippen molar-refractivity contribution in [3.05, 3.63) is 48.5 Å². The molecule has 1 unspecified atom stereocenters. The van der Waals surface area contributed by atoms with Gasteiger partial charge in [-0.1, -0.05) is 18.2 Å². The number of carbonyl (C=O) groups excluding carboxylic acids is 1. The van der Waals surface area contributed by atoms with Gasteiger partial charge in [-0.2, -0.15) is 5.10 Å². The summed E-state index contributed by atoms with van der Waals surface area (Å²) in [4.78, 5) is 20.2. The number of nitrogens with one attached hydrogen (secondary N) is 1. The number of halogens is 1. The van der Waals surface area contributed by atoms with Crippen LogP contribution in [0.3, 0.4) is 0 Å². The van der Waals surface area contributed by atoms with E-state index in [1.807, 2.05) is 0 Å². The first kappa shape index (κ1) is 29.8. The molecule has 218 valence electrons. The number of aromatic nitrogens is 4. The molecule has 0 saturated carbocycles. The molecule has 0 aliphatic carbocycles. The van der Waals surface area contributed by atoms with Gasteiger partial charge in [0.25, 0.3) is 0 Å². The van der Waals surface area contributed by atoms with Crippen molar-refractivity contribution in [1.29, 1.82) is 0 Å². The lowest BCUT2D eigenvalue weighted by atomic mass is 9.93. The summed E-state index contributed by atoms with van der Waals surface area (Å²) in [7, 11) is -4.15. The Morgan fingerprint density at radius 3 is 2.70 bits per heavy atom. The molecule has 0 bridgehead atoms. The van der Waals surface area contributed by atoms with Gasteiger partial charge < -0.3 is 24.8 Å². The number of anilines is 1. The summed E-state index contributed by atoms with van der Waals surface area (Å²) < 4.78 is 53.4. The van der Waals surface area contributed by atoms with Gasteiger partial charge in [0.2, 0.25) is 0 Å². The number of fused-ring (bicyclic) bond motifs is 1. The molecule has 4 rings (SSSR count). The topological polar surface area (TPSA) is 172 Å². The molecule has 3 aromatic rings. The van der Waals surface area contributed by atoms with E-state index in [0.717, 1.165) is 0 Å². The van der Waals surface area contributed by atoms with Crippen molar-refractivity contribution in [1.82, 2.24) is 24.7 Å². The van der Waals surface area contributed by atoms with E-state index in [-0.39, 0.29) is 29.5 Å². The minimum absolute atomic E-state index is 0.0904. The monoisotopic (exact) mass is 580 g/mol. The van der Waals surface area contributed by atoms with Crippen LogP contribution in [0.15, 0.2) is 42.9 Å². The zero-order valence-electron chi connectivity index (χ0n) is 22.9. The molecule has 4 N–H and O–H groups in total. The maximum Gasteiger partial charge on any atom is 0.459 e. The number of aliphatic hydroxyl groups excluding tert-OH is 1. The second kappa shape index (κ2) is 11.4. The number of imidazole rings is 1. The molecular weight excluding hydrogens is 546 g/mol. The van der Waals surface area contributed by atoms with Gasteiger partial charge in [0, 0.05) is 6.04 Å². The molecule has 0 spiro atoms. The number of alkyl halides is 1. The molecule has 40 heavy (non-hydrogen) atoms. The van der Waals surface area contributed by atoms with Crippen molar-refractivity contribution in [3.8, 4) is 5.75 Å². The number of hydrogen-bond acceptors (Lipinski definition) is 11. The molecule has 2 aromatic heterocycles. The molecule has 6 atom stereocenters. The molecule has 13 nitrogen and oxygen atoms in total. The summed E-state index contributed by atoms with van der Waals surface area (Å²) in [6, 6.07) is 7.63. The van der Waals surface area contributed by atoms with Crippen molar-refractivity contribution in [2.45, 2.75) is 64.6 Å². The van der Waals surface area contributed by atoms with Gasteiger partial charge in [-0.15, -0.1) is 0 Å². The van der Waals surface area contributed by atoms with E-state index in [0.29, 0.717) is 0 Å². The van der Waals surface area contributed by atoms with Crippen molar-refractivity contribution >= 4 is 25.2 Å². The van der Waals surface area contributed by atoms with Gasteiger partial charge in [0.05, 0.1) is 23.9 Å². The van der Waals surface area contributed by atoms with Crippen LogP contribution in [0.1, 0.15) is 46.4 Å². The van der Waals surface area contributed by atoms with Crippen molar-refractivity contribution < 1.29 is 37.4 Å². The Bertz CT molecular complexity index is 1380. The summed E-state index contributed by atoms with van der Waals surface area (Å²) in [6.07, 6.45) is -1.69. The van der Waals surface area contributed by atoms with E-state index in [1.165, 1.54) is 24.0 Å². The first-order valence-electron chi connectivity index (χ1n) is 12.6. The van der Waals surface area contributed by atoms with Crippen LogP contribution < -0.4 is 15.3 Å². The molecule has 15 heteroatoms. The molecule has 0 amide bonds. The van der Waals surface area contributed by atoms with E-state index < -0.39 is 55.8 Å². The number of nitrogens with zero attached hydrogens (tertiary/aromatic N) is 4. The zero-order valence-corrected chi connectivity index (χ0v) is 23.7. The van der Waals surface area contributed by atoms with Crippen molar-refractivity contribution in [2.24, 2.45) is 5.41 Å². The minimum Gasteiger partial charge on any atom is -0.464 e. The van der Waals surface area contributed by atoms with E-state index in [9.17, 15) is 14.5 Å². The van der Waals surface area contributed by atoms with Gasteiger partial charge in [-0.05, 0) is 46.8 Å². The maximum absolute atomic E-state index is 15.8. The van der Waals surface area contributed by atoms with Crippen LogP contribution in [0.25, 0.3) is 5.65 Å². The molecule has 1 aliphatic heterocycles. The fraction of sp³-hybridized carbons (Fsp3) is 0.520. The lowest BCUT2D eigenvalue weighted by Gasteiger charge is -2.26. The Kier molecular flexibility index (Phi) is 8.48.